The van der Waals surface area contributed by atoms with Gasteiger partial charge in [-0.25, -0.2) is 4.98 Å². The average molecular weight is 232 g/mol. The number of nitrogens with zero attached hydrogens (tertiary/aromatic N) is 1. The Morgan fingerprint density at radius 1 is 1.44 bits per heavy atom. The summed E-state index contributed by atoms with van der Waals surface area (Å²) < 4.78 is 0. The molecule has 0 saturated heterocycles. The summed E-state index contributed by atoms with van der Waals surface area (Å²) in [7, 11) is 0. The number of aryl methyl sites for hydroxylation is 2. The first kappa shape index (κ1) is 11.3. The Hall–Kier alpha value is -1.19. The predicted octanol–water partition coefficient (Wildman–Crippen LogP) is 3.06. The molecule has 3 heteroatoms. The number of aromatic nitrogens is 1. The van der Waals surface area contributed by atoms with Gasteiger partial charge in [-0.15, -0.1) is 11.3 Å². The van der Waals surface area contributed by atoms with Gasteiger partial charge in [0, 0.05) is 5.38 Å². The number of nitrogens with two attached hydrogens (primary N) is 1. The van der Waals surface area contributed by atoms with E-state index in [1.807, 2.05) is 12.3 Å². The van der Waals surface area contributed by atoms with Gasteiger partial charge in [-0.3, -0.25) is 0 Å². The van der Waals surface area contributed by atoms with Crippen molar-refractivity contribution in [1.29, 1.82) is 0 Å². The minimum atomic E-state index is -0.101. The van der Waals surface area contributed by atoms with Crippen LogP contribution in [0.2, 0.25) is 0 Å². The van der Waals surface area contributed by atoms with Crippen molar-refractivity contribution in [3.05, 3.63) is 51.5 Å². The van der Waals surface area contributed by atoms with Gasteiger partial charge in [-0.05, 0) is 24.5 Å². The average Bonchev–Trinajstić information content (AvgIpc) is 2.75. The topological polar surface area (TPSA) is 38.9 Å². The summed E-state index contributed by atoms with van der Waals surface area (Å²) in [4.78, 5) is 4.44. The normalized spacial score (nSPS) is 12.7. The lowest BCUT2D eigenvalue weighted by atomic mass is 10.0. The molecule has 1 aromatic heterocycles. The largest absolute Gasteiger partial charge is 0.319 e. The van der Waals surface area contributed by atoms with E-state index in [4.69, 9.17) is 5.73 Å². The second-order valence-electron chi connectivity index (χ2n) is 3.87. The van der Waals surface area contributed by atoms with Gasteiger partial charge >= 0.3 is 0 Å². The van der Waals surface area contributed by atoms with E-state index < -0.39 is 0 Å². The van der Waals surface area contributed by atoms with Crippen LogP contribution in [0.25, 0.3) is 0 Å². The van der Waals surface area contributed by atoms with Crippen LogP contribution in [-0.4, -0.2) is 4.98 Å². The SMILES string of the molecule is CCc1cccc(C(N)c2csc(C)n2)c1. The molecule has 1 heterocycles. The number of benzene rings is 1. The zero-order chi connectivity index (χ0) is 11.5. The monoisotopic (exact) mass is 232 g/mol. The smallest absolute Gasteiger partial charge is 0.0898 e. The van der Waals surface area contributed by atoms with E-state index in [2.05, 4.69) is 36.2 Å². The van der Waals surface area contributed by atoms with Crippen molar-refractivity contribution in [2.75, 3.05) is 0 Å². The van der Waals surface area contributed by atoms with Crippen molar-refractivity contribution >= 4 is 11.3 Å². The molecule has 1 unspecified atom stereocenters. The minimum absolute atomic E-state index is 0.101. The molecule has 0 aliphatic heterocycles. The van der Waals surface area contributed by atoms with Gasteiger partial charge in [0.25, 0.3) is 0 Å². The Labute approximate surface area is 100 Å². The highest BCUT2D eigenvalue weighted by Crippen LogP contribution is 2.22. The van der Waals surface area contributed by atoms with Crippen molar-refractivity contribution < 1.29 is 0 Å². The molecule has 2 rings (SSSR count). The number of hydrogen-bond donors (Lipinski definition) is 1. The lowest BCUT2D eigenvalue weighted by Crippen LogP contribution is -2.12. The molecular formula is C13H16N2S. The van der Waals surface area contributed by atoms with E-state index in [1.54, 1.807) is 11.3 Å². The van der Waals surface area contributed by atoms with Gasteiger partial charge < -0.3 is 5.73 Å². The molecule has 1 aromatic carbocycles. The molecule has 16 heavy (non-hydrogen) atoms. The van der Waals surface area contributed by atoms with E-state index in [1.165, 1.54) is 5.56 Å². The summed E-state index contributed by atoms with van der Waals surface area (Å²) >= 11 is 1.65. The van der Waals surface area contributed by atoms with E-state index >= 15 is 0 Å². The Morgan fingerprint density at radius 2 is 2.25 bits per heavy atom. The van der Waals surface area contributed by atoms with Gasteiger partial charge in [-0.2, -0.15) is 0 Å². The van der Waals surface area contributed by atoms with Crippen LogP contribution in [0.4, 0.5) is 0 Å². The number of hydrogen-bond acceptors (Lipinski definition) is 3. The van der Waals surface area contributed by atoms with Crippen molar-refractivity contribution in [3.8, 4) is 0 Å². The number of rotatable bonds is 3. The molecule has 2 N–H and O–H groups in total. The second-order valence-corrected chi connectivity index (χ2v) is 4.93. The van der Waals surface area contributed by atoms with E-state index in [-0.39, 0.29) is 6.04 Å². The quantitative estimate of drug-likeness (QED) is 0.883. The molecule has 0 saturated carbocycles. The van der Waals surface area contributed by atoms with Crippen molar-refractivity contribution in [1.82, 2.24) is 4.98 Å². The fourth-order valence-corrected chi connectivity index (χ4v) is 2.35. The van der Waals surface area contributed by atoms with Gasteiger partial charge in [0.2, 0.25) is 0 Å². The maximum absolute atomic E-state index is 6.20. The summed E-state index contributed by atoms with van der Waals surface area (Å²) in [5.41, 5.74) is 9.63. The van der Waals surface area contributed by atoms with Crippen LogP contribution < -0.4 is 5.73 Å². The van der Waals surface area contributed by atoms with Gasteiger partial charge in [0.1, 0.15) is 0 Å². The zero-order valence-electron chi connectivity index (χ0n) is 9.60. The number of thiazole rings is 1. The highest BCUT2D eigenvalue weighted by Gasteiger charge is 2.11. The van der Waals surface area contributed by atoms with Crippen LogP contribution in [0.15, 0.2) is 29.6 Å². The third-order valence-electron chi connectivity index (χ3n) is 2.67. The molecule has 0 spiro atoms. The molecule has 0 amide bonds. The van der Waals surface area contributed by atoms with Crippen LogP contribution in [0, 0.1) is 6.92 Å². The first-order chi connectivity index (χ1) is 7.70. The summed E-state index contributed by atoms with van der Waals surface area (Å²) in [6.45, 7) is 4.15. The molecule has 2 nitrogen and oxygen atoms in total. The van der Waals surface area contributed by atoms with Crippen LogP contribution in [0.5, 0.6) is 0 Å². The molecule has 2 aromatic rings. The third kappa shape index (κ3) is 2.31. The third-order valence-corrected chi connectivity index (χ3v) is 3.47. The minimum Gasteiger partial charge on any atom is -0.319 e. The lowest BCUT2D eigenvalue weighted by Gasteiger charge is -2.10. The highest BCUT2D eigenvalue weighted by atomic mass is 32.1. The summed E-state index contributed by atoms with van der Waals surface area (Å²) in [6, 6.07) is 8.32. The maximum Gasteiger partial charge on any atom is 0.0898 e. The summed E-state index contributed by atoms with van der Waals surface area (Å²) in [6.07, 6.45) is 1.04. The molecular weight excluding hydrogens is 216 g/mol. The Bertz CT molecular complexity index is 476. The molecule has 0 radical (unpaired) electrons. The van der Waals surface area contributed by atoms with Gasteiger partial charge in [0.05, 0.1) is 16.7 Å². The Morgan fingerprint density at radius 3 is 2.88 bits per heavy atom. The van der Waals surface area contributed by atoms with Crippen LogP contribution >= 0.6 is 11.3 Å². The first-order valence-corrected chi connectivity index (χ1v) is 6.35. The van der Waals surface area contributed by atoms with E-state index in [0.29, 0.717) is 0 Å². The maximum atomic E-state index is 6.20. The Kier molecular flexibility index (Phi) is 3.36. The van der Waals surface area contributed by atoms with Crippen molar-refractivity contribution in [2.24, 2.45) is 5.73 Å². The first-order valence-electron chi connectivity index (χ1n) is 5.47. The molecule has 0 fully saturated rings. The highest BCUT2D eigenvalue weighted by molar-refractivity contribution is 7.09. The summed E-state index contributed by atoms with van der Waals surface area (Å²) in [5.74, 6) is 0. The molecule has 84 valence electrons. The van der Waals surface area contributed by atoms with Crippen LogP contribution in [0.1, 0.15) is 34.8 Å². The second kappa shape index (κ2) is 4.76. The molecule has 1 atom stereocenters. The van der Waals surface area contributed by atoms with Crippen molar-refractivity contribution in [3.63, 3.8) is 0 Å². The fraction of sp³-hybridized carbons (Fsp3) is 0.308. The van der Waals surface area contributed by atoms with Gasteiger partial charge in [0.15, 0.2) is 0 Å². The summed E-state index contributed by atoms with van der Waals surface area (Å²) in [5, 5.41) is 3.11. The molecule has 0 aliphatic carbocycles. The van der Waals surface area contributed by atoms with E-state index in [0.717, 1.165) is 22.7 Å². The Balaban J connectivity index is 2.29. The lowest BCUT2D eigenvalue weighted by molar-refractivity contribution is 0.831. The van der Waals surface area contributed by atoms with Crippen LogP contribution in [-0.2, 0) is 6.42 Å². The van der Waals surface area contributed by atoms with Crippen LogP contribution in [0.3, 0.4) is 0 Å². The van der Waals surface area contributed by atoms with E-state index in [9.17, 15) is 0 Å². The fourth-order valence-electron chi connectivity index (χ4n) is 1.70. The zero-order valence-corrected chi connectivity index (χ0v) is 10.4. The molecule has 0 aliphatic rings. The predicted molar refractivity (Wildman–Crippen MR) is 68.7 cm³/mol. The van der Waals surface area contributed by atoms with Gasteiger partial charge in [-0.1, -0.05) is 31.2 Å². The molecule has 0 bridgehead atoms. The van der Waals surface area contributed by atoms with Crippen molar-refractivity contribution in [2.45, 2.75) is 26.3 Å². The standard InChI is InChI=1S/C13H16N2S/c1-3-10-5-4-6-11(7-10)13(14)12-8-16-9(2)15-12/h4-8,13H,3,14H2,1-2H3.